The molecule has 94 valence electrons. The predicted octanol–water partition coefficient (Wildman–Crippen LogP) is 3.58. The van der Waals surface area contributed by atoms with Crippen molar-refractivity contribution in [1.29, 1.82) is 0 Å². The minimum atomic E-state index is -0.109. The lowest BCUT2D eigenvalue weighted by Gasteiger charge is -2.06. The average molecular weight is 271 g/mol. The first-order valence-corrected chi connectivity index (χ1v) is 6.05. The molecule has 2 aromatic rings. The lowest BCUT2D eigenvalue weighted by Crippen LogP contribution is -2.11. The Morgan fingerprint density at radius 3 is 2.63 bits per heavy atom. The van der Waals surface area contributed by atoms with Gasteiger partial charge in [0.05, 0.1) is 0 Å². The number of rotatable bonds is 4. The molecule has 2 rings (SSSR count). The van der Waals surface area contributed by atoms with Gasteiger partial charge in [0.1, 0.15) is 5.75 Å². The minimum Gasteiger partial charge on any atom is -0.485 e. The summed E-state index contributed by atoms with van der Waals surface area (Å²) in [7, 11) is 0. The highest BCUT2D eigenvalue weighted by molar-refractivity contribution is 6.30. The van der Waals surface area contributed by atoms with Gasteiger partial charge in [-0.1, -0.05) is 23.6 Å². The van der Waals surface area contributed by atoms with Gasteiger partial charge in [-0.25, -0.2) is 0 Å². The van der Waals surface area contributed by atoms with E-state index >= 15 is 0 Å². The SMILES string of the molecule is C#Cc1cccc(OCC(=O)c2ccc(Cl)cc2)c1. The van der Waals surface area contributed by atoms with Crippen LogP contribution >= 0.6 is 11.6 Å². The first-order chi connectivity index (χ1) is 9.19. The smallest absolute Gasteiger partial charge is 0.200 e. The largest absolute Gasteiger partial charge is 0.485 e. The molecule has 0 radical (unpaired) electrons. The molecular weight excluding hydrogens is 260 g/mol. The van der Waals surface area contributed by atoms with Gasteiger partial charge in [0, 0.05) is 16.1 Å². The van der Waals surface area contributed by atoms with Crippen molar-refractivity contribution in [2.24, 2.45) is 0 Å². The molecule has 2 nitrogen and oxygen atoms in total. The second-order valence-electron chi connectivity index (χ2n) is 3.89. The summed E-state index contributed by atoms with van der Waals surface area (Å²) in [5.74, 6) is 2.99. The highest BCUT2D eigenvalue weighted by Gasteiger charge is 2.06. The van der Waals surface area contributed by atoms with Crippen molar-refractivity contribution in [1.82, 2.24) is 0 Å². The van der Waals surface area contributed by atoms with E-state index in [0.717, 1.165) is 5.56 Å². The molecule has 0 saturated heterocycles. The fourth-order valence-corrected chi connectivity index (χ4v) is 1.67. The first kappa shape index (κ1) is 13.2. The molecule has 0 amide bonds. The van der Waals surface area contributed by atoms with Gasteiger partial charge in [0.2, 0.25) is 0 Å². The van der Waals surface area contributed by atoms with Gasteiger partial charge in [0.25, 0.3) is 0 Å². The predicted molar refractivity (Wildman–Crippen MR) is 75.7 cm³/mol. The zero-order chi connectivity index (χ0) is 13.7. The summed E-state index contributed by atoms with van der Waals surface area (Å²) < 4.78 is 5.42. The van der Waals surface area contributed by atoms with Crippen LogP contribution in [-0.2, 0) is 0 Å². The number of terminal acetylenes is 1. The standard InChI is InChI=1S/C16H11ClO2/c1-2-12-4-3-5-15(10-12)19-11-16(18)13-6-8-14(17)9-7-13/h1,3-10H,11H2. The Morgan fingerprint density at radius 2 is 1.95 bits per heavy atom. The summed E-state index contributed by atoms with van der Waals surface area (Å²) in [5.41, 5.74) is 1.29. The summed E-state index contributed by atoms with van der Waals surface area (Å²) >= 11 is 5.76. The monoisotopic (exact) mass is 270 g/mol. The van der Waals surface area contributed by atoms with Crippen molar-refractivity contribution in [3.63, 3.8) is 0 Å². The third-order valence-corrected chi connectivity index (χ3v) is 2.79. The number of ether oxygens (including phenoxy) is 1. The average Bonchev–Trinajstić information content (AvgIpc) is 2.46. The molecule has 0 heterocycles. The Labute approximate surface area is 117 Å². The van der Waals surface area contributed by atoms with E-state index < -0.39 is 0 Å². The van der Waals surface area contributed by atoms with Crippen LogP contribution in [0, 0.1) is 12.3 Å². The molecule has 0 atom stereocenters. The Bertz CT molecular complexity index is 624. The van der Waals surface area contributed by atoms with Crippen LogP contribution in [-0.4, -0.2) is 12.4 Å². The van der Waals surface area contributed by atoms with Gasteiger partial charge >= 0.3 is 0 Å². The van der Waals surface area contributed by atoms with E-state index in [-0.39, 0.29) is 12.4 Å². The number of Topliss-reactive ketones (excluding diaryl/α,β-unsaturated/α-hetero) is 1. The van der Waals surface area contributed by atoms with E-state index in [9.17, 15) is 4.79 Å². The van der Waals surface area contributed by atoms with Gasteiger partial charge < -0.3 is 4.74 Å². The fourth-order valence-electron chi connectivity index (χ4n) is 1.54. The molecule has 0 aliphatic heterocycles. The summed E-state index contributed by atoms with van der Waals surface area (Å²) in [6, 6.07) is 13.8. The second kappa shape index (κ2) is 6.08. The lowest BCUT2D eigenvalue weighted by atomic mass is 10.1. The normalized spacial score (nSPS) is 9.68. The van der Waals surface area contributed by atoms with Crippen molar-refractivity contribution < 1.29 is 9.53 Å². The second-order valence-corrected chi connectivity index (χ2v) is 4.33. The van der Waals surface area contributed by atoms with Gasteiger partial charge in [-0.05, 0) is 42.5 Å². The van der Waals surface area contributed by atoms with Crippen molar-refractivity contribution in [3.8, 4) is 18.1 Å². The van der Waals surface area contributed by atoms with Crippen LogP contribution < -0.4 is 4.74 Å². The van der Waals surface area contributed by atoms with Gasteiger partial charge in [-0.2, -0.15) is 0 Å². The molecular formula is C16H11ClO2. The van der Waals surface area contributed by atoms with Gasteiger partial charge in [0.15, 0.2) is 12.4 Å². The van der Waals surface area contributed by atoms with Crippen LogP contribution in [0.2, 0.25) is 5.02 Å². The van der Waals surface area contributed by atoms with Crippen LogP contribution in [0.3, 0.4) is 0 Å². The maximum Gasteiger partial charge on any atom is 0.200 e. The zero-order valence-electron chi connectivity index (χ0n) is 10.1. The maximum atomic E-state index is 11.9. The van der Waals surface area contributed by atoms with E-state index in [2.05, 4.69) is 5.92 Å². The number of hydrogen-bond donors (Lipinski definition) is 0. The third kappa shape index (κ3) is 3.61. The van der Waals surface area contributed by atoms with Crippen LogP contribution in [0.4, 0.5) is 0 Å². The zero-order valence-corrected chi connectivity index (χ0v) is 10.9. The van der Waals surface area contributed by atoms with Gasteiger partial charge in [-0.15, -0.1) is 6.42 Å². The quantitative estimate of drug-likeness (QED) is 0.627. The molecule has 0 aromatic heterocycles. The molecule has 0 fully saturated rings. The molecule has 0 spiro atoms. The molecule has 0 aliphatic carbocycles. The third-order valence-electron chi connectivity index (χ3n) is 2.54. The Kier molecular flexibility index (Phi) is 4.22. The van der Waals surface area contributed by atoms with Gasteiger partial charge in [-0.3, -0.25) is 4.79 Å². The lowest BCUT2D eigenvalue weighted by molar-refractivity contribution is 0.0921. The van der Waals surface area contributed by atoms with E-state index in [0.29, 0.717) is 16.3 Å². The van der Waals surface area contributed by atoms with Crippen LogP contribution in [0.25, 0.3) is 0 Å². The summed E-state index contributed by atoms with van der Waals surface area (Å²) in [4.78, 5) is 11.9. The highest BCUT2D eigenvalue weighted by Crippen LogP contribution is 2.14. The highest BCUT2D eigenvalue weighted by atomic mass is 35.5. The molecule has 0 bridgehead atoms. The fraction of sp³-hybridized carbons (Fsp3) is 0.0625. The molecule has 3 heteroatoms. The number of carbonyl (C=O) groups excluding carboxylic acids is 1. The Balaban J connectivity index is 2.00. The maximum absolute atomic E-state index is 11.9. The molecule has 0 aliphatic rings. The summed E-state index contributed by atoms with van der Waals surface area (Å²) in [6.07, 6.45) is 5.29. The van der Waals surface area contributed by atoms with E-state index in [1.165, 1.54) is 0 Å². The molecule has 0 saturated carbocycles. The Hall–Kier alpha value is -2.24. The topological polar surface area (TPSA) is 26.3 Å². The minimum absolute atomic E-state index is 0.0321. The van der Waals surface area contributed by atoms with Crippen LogP contribution in [0.15, 0.2) is 48.5 Å². The first-order valence-electron chi connectivity index (χ1n) is 5.67. The summed E-state index contributed by atoms with van der Waals surface area (Å²) in [5, 5.41) is 0.596. The van der Waals surface area contributed by atoms with Crippen molar-refractivity contribution in [2.75, 3.05) is 6.61 Å². The van der Waals surface area contributed by atoms with E-state index in [4.69, 9.17) is 22.8 Å². The van der Waals surface area contributed by atoms with E-state index in [1.54, 1.807) is 48.5 Å². The molecule has 2 aromatic carbocycles. The number of ketones is 1. The van der Waals surface area contributed by atoms with Crippen LogP contribution in [0.5, 0.6) is 5.75 Å². The van der Waals surface area contributed by atoms with Crippen molar-refractivity contribution in [2.45, 2.75) is 0 Å². The Morgan fingerprint density at radius 1 is 1.21 bits per heavy atom. The van der Waals surface area contributed by atoms with E-state index in [1.807, 2.05) is 0 Å². The molecule has 0 N–H and O–H groups in total. The summed E-state index contributed by atoms with van der Waals surface area (Å²) in [6.45, 7) is -0.0321. The molecule has 19 heavy (non-hydrogen) atoms. The van der Waals surface area contributed by atoms with Crippen molar-refractivity contribution in [3.05, 3.63) is 64.7 Å². The number of hydrogen-bond acceptors (Lipinski definition) is 2. The van der Waals surface area contributed by atoms with Crippen molar-refractivity contribution >= 4 is 17.4 Å². The van der Waals surface area contributed by atoms with Crippen LogP contribution in [0.1, 0.15) is 15.9 Å². The number of benzene rings is 2. The number of carbonyl (C=O) groups is 1. The molecule has 0 unspecified atom stereocenters. The number of halogens is 1.